The lowest BCUT2D eigenvalue weighted by molar-refractivity contribution is -0.175. The predicted molar refractivity (Wildman–Crippen MR) is 70.1 cm³/mol. The number of hydrogen-bond acceptors (Lipinski definition) is 5. The Labute approximate surface area is 119 Å². The summed E-state index contributed by atoms with van der Waals surface area (Å²) < 4.78 is 0. The molecule has 6 N–H and O–H groups in total. The van der Waals surface area contributed by atoms with E-state index < -0.39 is 29.4 Å². The molecule has 21 heavy (non-hydrogen) atoms. The van der Waals surface area contributed by atoms with Crippen molar-refractivity contribution in [2.24, 2.45) is 0 Å². The van der Waals surface area contributed by atoms with E-state index in [0.29, 0.717) is 11.1 Å². The van der Waals surface area contributed by atoms with Gasteiger partial charge in [-0.3, -0.25) is 4.79 Å². The fourth-order valence-corrected chi connectivity index (χ4v) is 1.72. The van der Waals surface area contributed by atoms with E-state index in [9.17, 15) is 24.6 Å². The summed E-state index contributed by atoms with van der Waals surface area (Å²) in [7, 11) is 0. The Morgan fingerprint density at radius 2 is 1.67 bits per heavy atom. The number of carboxylic acids is 2. The smallest absolute Gasteiger partial charge is 0.347 e. The molecule has 0 saturated carbocycles. The molecule has 1 aromatic carbocycles. The number of carboxylic acid groups (broad SMARTS) is 2. The average Bonchev–Trinajstić information content (AvgIpc) is 2.38. The molecule has 0 aromatic heterocycles. The molecule has 8 nitrogen and oxygen atoms in total. The van der Waals surface area contributed by atoms with Crippen molar-refractivity contribution in [1.29, 1.82) is 0 Å². The largest absolute Gasteiger partial charge is 0.479 e. The van der Waals surface area contributed by atoms with Crippen LogP contribution in [0.2, 0.25) is 0 Å². The summed E-state index contributed by atoms with van der Waals surface area (Å²) in [6.07, 6.45) is -2.77. The minimum absolute atomic E-state index is 0. The lowest BCUT2D eigenvalue weighted by atomic mass is 9.85. The number of hydrogen-bond donors (Lipinski definition) is 4. The van der Waals surface area contributed by atoms with Crippen molar-refractivity contribution in [3.05, 3.63) is 34.9 Å². The van der Waals surface area contributed by atoms with E-state index in [1.165, 1.54) is 19.1 Å². The molecule has 0 fully saturated rings. The first-order chi connectivity index (χ1) is 9.13. The summed E-state index contributed by atoms with van der Waals surface area (Å²) in [5.74, 6) is -5.51. The molecule has 0 aliphatic rings. The molecule has 0 aliphatic carbocycles. The van der Waals surface area contributed by atoms with Gasteiger partial charge in [-0.15, -0.1) is 0 Å². The van der Waals surface area contributed by atoms with Crippen LogP contribution in [0.15, 0.2) is 18.2 Å². The number of rotatable bonds is 5. The molecule has 1 aromatic rings. The summed E-state index contributed by atoms with van der Waals surface area (Å²) in [5.41, 5.74) is -2.54. The van der Waals surface area contributed by atoms with Gasteiger partial charge in [0.25, 0.3) is 5.60 Å². The second-order valence-electron chi connectivity index (χ2n) is 4.39. The second kappa shape index (κ2) is 6.44. The fraction of sp³-hybridized carbons (Fsp3) is 0.308. The molecule has 8 heteroatoms. The number of ketones is 1. The Morgan fingerprint density at radius 1 is 1.14 bits per heavy atom. The molecule has 1 rings (SSSR count). The minimum Gasteiger partial charge on any atom is -0.479 e. The van der Waals surface area contributed by atoms with Crippen LogP contribution >= 0.6 is 0 Å². The zero-order valence-corrected chi connectivity index (χ0v) is 11.3. The minimum atomic E-state index is -3.44. The van der Waals surface area contributed by atoms with Gasteiger partial charge in [0.2, 0.25) is 5.78 Å². The van der Waals surface area contributed by atoms with Gasteiger partial charge in [0.1, 0.15) is 0 Å². The van der Waals surface area contributed by atoms with Crippen LogP contribution in [-0.4, -0.2) is 55.3 Å². The molecule has 0 spiro atoms. The average molecular weight is 300 g/mol. The summed E-state index contributed by atoms with van der Waals surface area (Å²) in [6.45, 7) is 3.19. The number of carbonyl (C=O) groups is 3. The maximum absolute atomic E-state index is 12.2. The van der Waals surface area contributed by atoms with Crippen molar-refractivity contribution in [1.82, 2.24) is 0 Å². The maximum Gasteiger partial charge on any atom is 0.347 e. The lowest BCUT2D eigenvalue weighted by Crippen LogP contribution is -2.59. The fourth-order valence-electron chi connectivity index (χ4n) is 1.72. The molecule has 0 bridgehead atoms. The van der Waals surface area contributed by atoms with E-state index in [-0.39, 0.29) is 11.0 Å². The van der Waals surface area contributed by atoms with E-state index in [2.05, 4.69) is 0 Å². The number of Topliss-reactive ketones (excluding diaryl/α,β-unsaturated/α-hetero) is 1. The van der Waals surface area contributed by atoms with Crippen molar-refractivity contribution in [2.45, 2.75) is 25.6 Å². The van der Waals surface area contributed by atoms with Crippen LogP contribution in [-0.2, 0) is 9.59 Å². The van der Waals surface area contributed by atoms with Gasteiger partial charge in [-0.25, -0.2) is 9.59 Å². The molecule has 0 heterocycles. The highest BCUT2D eigenvalue weighted by atomic mass is 16.4. The van der Waals surface area contributed by atoms with Gasteiger partial charge in [-0.2, -0.15) is 0 Å². The summed E-state index contributed by atoms with van der Waals surface area (Å²) in [6, 6.07) is 4.39. The van der Waals surface area contributed by atoms with Crippen LogP contribution < -0.4 is 0 Å². The number of aliphatic carboxylic acids is 2. The first kappa shape index (κ1) is 18.7. The first-order valence-corrected chi connectivity index (χ1v) is 5.61. The molecule has 0 amide bonds. The molecule has 0 aliphatic heterocycles. The molecule has 2 atom stereocenters. The van der Waals surface area contributed by atoms with Crippen molar-refractivity contribution in [2.75, 3.05) is 0 Å². The predicted octanol–water partition coefficient (Wildman–Crippen LogP) is -1.08. The van der Waals surface area contributed by atoms with Gasteiger partial charge < -0.3 is 25.9 Å². The monoisotopic (exact) mass is 300 g/mol. The van der Waals surface area contributed by atoms with Gasteiger partial charge in [0.15, 0.2) is 6.10 Å². The Kier molecular flexibility index (Phi) is 5.74. The van der Waals surface area contributed by atoms with E-state index in [1.54, 1.807) is 13.0 Å². The maximum atomic E-state index is 12.2. The highest BCUT2D eigenvalue weighted by Gasteiger charge is 2.54. The molecule has 0 radical (unpaired) electrons. The number of aliphatic hydroxyl groups is 2. The Hall–Kier alpha value is -2.29. The van der Waals surface area contributed by atoms with Crippen molar-refractivity contribution in [3.63, 3.8) is 0 Å². The number of benzene rings is 1. The van der Waals surface area contributed by atoms with Gasteiger partial charge in [-0.05, 0) is 25.0 Å². The summed E-state index contributed by atoms with van der Waals surface area (Å²) in [5, 5.41) is 36.9. The number of aryl methyl sites for hydroxylation is 1. The number of aliphatic hydroxyl groups excluding tert-OH is 1. The highest BCUT2D eigenvalue weighted by molar-refractivity contribution is 6.18. The van der Waals surface area contributed by atoms with Crippen LogP contribution in [0.3, 0.4) is 0 Å². The summed E-state index contributed by atoms with van der Waals surface area (Å²) in [4.78, 5) is 34.0. The van der Waals surface area contributed by atoms with Crippen LogP contribution in [0, 0.1) is 13.8 Å². The molecular weight excluding hydrogens is 284 g/mol. The zero-order valence-electron chi connectivity index (χ0n) is 11.3. The van der Waals surface area contributed by atoms with Crippen LogP contribution in [0.25, 0.3) is 0 Å². The van der Waals surface area contributed by atoms with Crippen molar-refractivity contribution < 1.29 is 40.3 Å². The van der Waals surface area contributed by atoms with Gasteiger partial charge in [0, 0.05) is 5.56 Å². The second-order valence-corrected chi connectivity index (χ2v) is 4.39. The number of carbonyl (C=O) groups excluding carboxylic acids is 1. The van der Waals surface area contributed by atoms with E-state index in [1.807, 2.05) is 0 Å². The Balaban J connectivity index is 0.00000400. The standard InChI is InChI=1S/C13H14O7.H2O/c1-6-4-3-5-8(7(6)2)9(14)13(20,12(18)19)10(15)11(16)17;/h3-5,10,15,20H,1-2H3,(H,16,17)(H,18,19);1H2. The summed E-state index contributed by atoms with van der Waals surface area (Å²) >= 11 is 0. The van der Waals surface area contributed by atoms with Crippen LogP contribution in [0.1, 0.15) is 21.5 Å². The third-order valence-electron chi connectivity index (χ3n) is 3.15. The lowest BCUT2D eigenvalue weighted by Gasteiger charge is -2.25. The Bertz CT molecular complexity index is 580. The Morgan fingerprint density at radius 3 is 2.10 bits per heavy atom. The molecule has 0 saturated heterocycles. The highest BCUT2D eigenvalue weighted by Crippen LogP contribution is 2.23. The van der Waals surface area contributed by atoms with E-state index in [4.69, 9.17) is 10.2 Å². The van der Waals surface area contributed by atoms with Crippen molar-refractivity contribution >= 4 is 17.7 Å². The first-order valence-electron chi connectivity index (χ1n) is 5.61. The molecule has 116 valence electrons. The third kappa shape index (κ3) is 3.07. The van der Waals surface area contributed by atoms with Crippen LogP contribution in [0.4, 0.5) is 0 Å². The molecule has 2 unspecified atom stereocenters. The normalized spacial score (nSPS) is 14.5. The zero-order chi connectivity index (χ0) is 15.7. The van der Waals surface area contributed by atoms with Gasteiger partial charge in [0.05, 0.1) is 0 Å². The third-order valence-corrected chi connectivity index (χ3v) is 3.15. The van der Waals surface area contributed by atoms with E-state index in [0.717, 1.165) is 0 Å². The van der Waals surface area contributed by atoms with Crippen LogP contribution in [0.5, 0.6) is 0 Å². The SMILES string of the molecule is Cc1cccc(C(=O)C(O)(C(=O)O)C(O)C(=O)O)c1C.O. The van der Waals surface area contributed by atoms with Gasteiger partial charge >= 0.3 is 11.9 Å². The molecular formula is C13H16O8. The van der Waals surface area contributed by atoms with Crippen molar-refractivity contribution in [3.8, 4) is 0 Å². The quantitative estimate of drug-likeness (QED) is 0.397. The van der Waals surface area contributed by atoms with Gasteiger partial charge in [-0.1, -0.05) is 18.2 Å². The topological polar surface area (TPSA) is 164 Å². The van der Waals surface area contributed by atoms with E-state index >= 15 is 0 Å².